The molecule has 4 aromatic rings. The monoisotopic (exact) mass is 438 g/mol. The molecule has 0 aromatic carbocycles. The zero-order valence-electron chi connectivity index (χ0n) is 19.1. The first-order chi connectivity index (χ1) is 15.9. The first-order valence-electron chi connectivity index (χ1n) is 10.7. The van der Waals surface area contributed by atoms with Crippen LogP contribution < -0.4 is 10.6 Å². The van der Waals surface area contributed by atoms with Crippen molar-refractivity contribution in [3.05, 3.63) is 83.6 Å². The molecule has 8 heteroatoms. The minimum Gasteiger partial charge on any atom is -0.393 e. The molecule has 0 aliphatic carbocycles. The molecule has 0 aliphatic rings. The van der Waals surface area contributed by atoms with E-state index in [4.69, 9.17) is 10.4 Å². The van der Waals surface area contributed by atoms with Gasteiger partial charge in [0.05, 0.1) is 22.9 Å². The molecule has 0 amide bonds. The number of fused-ring (bicyclic) bond motifs is 1. The van der Waals surface area contributed by atoms with Crippen LogP contribution in [0.15, 0.2) is 61.2 Å². The van der Waals surface area contributed by atoms with Crippen molar-refractivity contribution in [1.29, 1.82) is 5.41 Å². The van der Waals surface area contributed by atoms with E-state index in [1.807, 2.05) is 50.4 Å². The molecule has 4 rings (SSSR count). The van der Waals surface area contributed by atoms with Crippen molar-refractivity contribution < 1.29 is 0 Å². The quantitative estimate of drug-likeness (QED) is 0.361. The highest BCUT2D eigenvalue weighted by molar-refractivity contribution is 6.30. The van der Waals surface area contributed by atoms with Gasteiger partial charge in [-0.15, -0.1) is 5.10 Å². The van der Waals surface area contributed by atoms with Crippen LogP contribution in [0.4, 0.5) is 11.6 Å². The largest absolute Gasteiger partial charge is 0.393 e. The molecule has 4 heterocycles. The van der Waals surface area contributed by atoms with Gasteiger partial charge < -0.3 is 10.6 Å². The molecule has 166 valence electrons. The van der Waals surface area contributed by atoms with Gasteiger partial charge in [0.1, 0.15) is 5.82 Å². The first kappa shape index (κ1) is 22.0. The molecule has 3 N–H and O–H groups in total. The number of nitrogens with zero attached hydrogens (tertiary/aromatic N) is 5. The van der Waals surface area contributed by atoms with Crippen LogP contribution in [0, 0.1) is 12.3 Å². The van der Waals surface area contributed by atoms with E-state index in [0.717, 1.165) is 27.9 Å². The highest BCUT2D eigenvalue weighted by atomic mass is 15.2. The lowest BCUT2D eigenvalue weighted by molar-refractivity contribution is 0.843. The van der Waals surface area contributed by atoms with Gasteiger partial charge in [0.2, 0.25) is 0 Å². The Balaban J connectivity index is 1.67. The predicted octanol–water partition coefficient (Wildman–Crippen LogP) is 4.62. The van der Waals surface area contributed by atoms with Crippen LogP contribution in [0.1, 0.15) is 42.1 Å². The number of pyridine rings is 3. The molecule has 4 aromatic heterocycles. The SMILES string of the molecule is CN/C=C(\C(=N)c1ccc(C)nc1)c1cnc2ccc(Nc3cc(C(C)C)cnn3)nc2c1. The number of aryl methyl sites for hydroxylation is 1. The van der Waals surface area contributed by atoms with Crippen molar-refractivity contribution in [3.8, 4) is 0 Å². The second kappa shape index (κ2) is 9.52. The number of rotatable bonds is 7. The fourth-order valence-corrected chi connectivity index (χ4v) is 3.33. The molecular formula is C25H26N8. The topological polar surface area (TPSA) is 112 Å². The summed E-state index contributed by atoms with van der Waals surface area (Å²) in [7, 11) is 1.81. The Bertz CT molecular complexity index is 1330. The molecule has 0 unspecified atom stereocenters. The second-order valence-corrected chi connectivity index (χ2v) is 8.02. The van der Waals surface area contributed by atoms with Crippen molar-refractivity contribution in [2.45, 2.75) is 26.7 Å². The van der Waals surface area contributed by atoms with Gasteiger partial charge in [-0.25, -0.2) is 4.98 Å². The summed E-state index contributed by atoms with van der Waals surface area (Å²) in [5.41, 5.74) is 6.05. The number of nitrogens with one attached hydrogen (secondary N) is 3. The van der Waals surface area contributed by atoms with E-state index in [9.17, 15) is 0 Å². The third-order valence-electron chi connectivity index (χ3n) is 5.20. The summed E-state index contributed by atoms with van der Waals surface area (Å²) in [4.78, 5) is 13.6. The summed E-state index contributed by atoms with van der Waals surface area (Å²) >= 11 is 0. The Morgan fingerprint density at radius 2 is 1.76 bits per heavy atom. The van der Waals surface area contributed by atoms with Crippen molar-refractivity contribution >= 4 is 34.0 Å². The predicted molar refractivity (Wildman–Crippen MR) is 132 cm³/mol. The number of aromatic nitrogens is 5. The average molecular weight is 439 g/mol. The molecule has 0 bridgehead atoms. The van der Waals surface area contributed by atoms with Crippen molar-refractivity contribution in [1.82, 2.24) is 30.5 Å². The van der Waals surface area contributed by atoms with E-state index >= 15 is 0 Å². The summed E-state index contributed by atoms with van der Waals surface area (Å²) in [5.74, 6) is 1.64. The molecule has 0 saturated heterocycles. The summed E-state index contributed by atoms with van der Waals surface area (Å²) in [5, 5.41) is 23.2. The van der Waals surface area contributed by atoms with Crippen molar-refractivity contribution in [3.63, 3.8) is 0 Å². The van der Waals surface area contributed by atoms with E-state index in [-0.39, 0.29) is 0 Å². The fraction of sp³-hybridized carbons (Fsp3) is 0.200. The van der Waals surface area contributed by atoms with Crippen LogP contribution in [0.2, 0.25) is 0 Å². The lowest BCUT2D eigenvalue weighted by Crippen LogP contribution is -2.08. The van der Waals surface area contributed by atoms with E-state index in [1.165, 1.54) is 0 Å². The van der Waals surface area contributed by atoms with Crippen molar-refractivity contribution in [2.75, 3.05) is 12.4 Å². The lowest BCUT2D eigenvalue weighted by Gasteiger charge is -2.12. The van der Waals surface area contributed by atoms with Crippen LogP contribution in [0.25, 0.3) is 16.6 Å². The number of hydrogen-bond donors (Lipinski definition) is 3. The van der Waals surface area contributed by atoms with E-state index in [2.05, 4.69) is 44.6 Å². The molecule has 0 atom stereocenters. The molecule has 0 saturated carbocycles. The second-order valence-electron chi connectivity index (χ2n) is 8.02. The smallest absolute Gasteiger partial charge is 0.154 e. The summed E-state index contributed by atoms with van der Waals surface area (Å²) in [6, 6.07) is 11.5. The van der Waals surface area contributed by atoms with E-state index in [0.29, 0.717) is 34.4 Å². The van der Waals surface area contributed by atoms with Crippen molar-refractivity contribution in [2.24, 2.45) is 0 Å². The highest BCUT2D eigenvalue weighted by Gasteiger charge is 2.13. The minimum atomic E-state index is 0.355. The molecule has 0 spiro atoms. The molecule has 0 fully saturated rings. The average Bonchev–Trinajstić information content (AvgIpc) is 2.82. The maximum atomic E-state index is 8.73. The molecule has 0 aliphatic heterocycles. The van der Waals surface area contributed by atoms with Gasteiger partial charge in [0.25, 0.3) is 0 Å². The lowest BCUT2D eigenvalue weighted by atomic mass is 9.98. The van der Waals surface area contributed by atoms with Gasteiger partial charge in [-0.3, -0.25) is 15.4 Å². The van der Waals surface area contributed by atoms with Crippen LogP contribution in [0.5, 0.6) is 0 Å². The fourth-order valence-electron chi connectivity index (χ4n) is 3.33. The van der Waals surface area contributed by atoms with Crippen LogP contribution in [-0.4, -0.2) is 37.9 Å². The standard InChI is InChI=1S/C25H26N8/c1-15(2)18-10-24(33-30-13-18)32-23-8-7-21-22(31-23)9-19(12-29-21)20(14-27-4)25(26)17-6-5-16(3)28-11-17/h5-15,26-27H,1-4H3,(H,31,32,33)/b20-14-,26-25?. The van der Waals surface area contributed by atoms with Gasteiger partial charge in [0.15, 0.2) is 5.82 Å². The van der Waals surface area contributed by atoms with Gasteiger partial charge in [-0.05, 0) is 54.8 Å². The number of hydrogen-bond acceptors (Lipinski definition) is 8. The van der Waals surface area contributed by atoms with Crippen LogP contribution >= 0.6 is 0 Å². The van der Waals surface area contributed by atoms with Gasteiger partial charge in [0, 0.05) is 48.0 Å². The first-order valence-corrected chi connectivity index (χ1v) is 10.7. The zero-order valence-corrected chi connectivity index (χ0v) is 19.1. The Morgan fingerprint density at radius 1 is 0.939 bits per heavy atom. The maximum absolute atomic E-state index is 8.73. The minimum absolute atomic E-state index is 0.355. The van der Waals surface area contributed by atoms with E-state index < -0.39 is 0 Å². The number of anilines is 2. The summed E-state index contributed by atoms with van der Waals surface area (Å²) in [6.07, 6.45) is 7.03. The van der Waals surface area contributed by atoms with Gasteiger partial charge in [-0.1, -0.05) is 13.8 Å². The molecule has 33 heavy (non-hydrogen) atoms. The Morgan fingerprint density at radius 3 is 2.48 bits per heavy atom. The summed E-state index contributed by atoms with van der Waals surface area (Å²) in [6.45, 7) is 6.15. The number of allylic oxidation sites excluding steroid dienone is 1. The highest BCUT2D eigenvalue weighted by Crippen LogP contribution is 2.24. The Hall–Kier alpha value is -4.20. The van der Waals surface area contributed by atoms with Gasteiger partial charge in [-0.2, -0.15) is 5.10 Å². The molecule has 8 nitrogen and oxygen atoms in total. The maximum Gasteiger partial charge on any atom is 0.154 e. The van der Waals surface area contributed by atoms with Crippen LogP contribution in [-0.2, 0) is 0 Å². The zero-order chi connectivity index (χ0) is 23.4. The third kappa shape index (κ3) is 5.01. The Kier molecular flexibility index (Phi) is 6.35. The normalized spacial score (nSPS) is 11.6. The Labute approximate surface area is 192 Å². The van der Waals surface area contributed by atoms with Gasteiger partial charge >= 0.3 is 0 Å². The molecule has 0 radical (unpaired) electrons. The molecular weight excluding hydrogens is 412 g/mol. The van der Waals surface area contributed by atoms with Crippen LogP contribution in [0.3, 0.4) is 0 Å². The summed E-state index contributed by atoms with van der Waals surface area (Å²) < 4.78 is 0. The third-order valence-corrected chi connectivity index (χ3v) is 5.20. The van der Waals surface area contributed by atoms with E-state index in [1.54, 1.807) is 24.8 Å².